The Bertz CT molecular complexity index is 189. The summed E-state index contributed by atoms with van der Waals surface area (Å²) in [6, 6.07) is -0.118. The molecule has 0 aromatic heterocycles. The highest BCUT2D eigenvalue weighted by Gasteiger charge is 2.26. The Morgan fingerprint density at radius 1 is 1.54 bits per heavy atom. The van der Waals surface area contributed by atoms with Gasteiger partial charge in [0.05, 0.1) is 18.8 Å². The van der Waals surface area contributed by atoms with Crippen molar-refractivity contribution in [1.29, 1.82) is 0 Å². The van der Waals surface area contributed by atoms with Gasteiger partial charge in [-0.25, -0.2) is 0 Å². The lowest BCUT2D eigenvalue weighted by atomic mass is 9.98. The number of methoxy groups -OCH3 is 1. The van der Waals surface area contributed by atoms with E-state index in [1.807, 2.05) is 0 Å². The molecule has 76 valence electrons. The van der Waals surface area contributed by atoms with Crippen molar-refractivity contribution in [2.24, 2.45) is 11.7 Å². The standard InChI is InChI=1S/C10H19NO2/c1-7(2)10(12-3)9(11)8-5-4-6-13-8/h5,7,9-10H,4,6,11H2,1-3H3. The fraction of sp³-hybridized carbons (Fsp3) is 0.800. The van der Waals surface area contributed by atoms with E-state index in [9.17, 15) is 0 Å². The molecule has 0 aromatic rings. The van der Waals surface area contributed by atoms with Gasteiger partial charge in [0.1, 0.15) is 5.76 Å². The largest absolute Gasteiger partial charge is 0.496 e. The summed E-state index contributed by atoms with van der Waals surface area (Å²) in [6.45, 7) is 4.96. The van der Waals surface area contributed by atoms with Crippen LogP contribution >= 0.6 is 0 Å². The summed E-state index contributed by atoms with van der Waals surface area (Å²) in [5, 5.41) is 0. The summed E-state index contributed by atoms with van der Waals surface area (Å²) in [7, 11) is 1.69. The van der Waals surface area contributed by atoms with Crippen molar-refractivity contribution < 1.29 is 9.47 Å². The number of rotatable bonds is 4. The van der Waals surface area contributed by atoms with Crippen LogP contribution in [0.3, 0.4) is 0 Å². The van der Waals surface area contributed by atoms with Crippen molar-refractivity contribution >= 4 is 0 Å². The molecule has 2 atom stereocenters. The first-order chi connectivity index (χ1) is 6.16. The van der Waals surface area contributed by atoms with Crippen LogP contribution < -0.4 is 5.73 Å². The minimum Gasteiger partial charge on any atom is -0.496 e. The van der Waals surface area contributed by atoms with E-state index in [2.05, 4.69) is 19.9 Å². The molecule has 0 radical (unpaired) electrons. The van der Waals surface area contributed by atoms with Crippen LogP contribution in [0, 0.1) is 5.92 Å². The lowest BCUT2D eigenvalue weighted by Gasteiger charge is -2.26. The molecule has 0 fully saturated rings. The molecule has 2 unspecified atom stereocenters. The summed E-state index contributed by atoms with van der Waals surface area (Å²) in [4.78, 5) is 0. The zero-order valence-corrected chi connectivity index (χ0v) is 8.62. The third-order valence-corrected chi connectivity index (χ3v) is 2.34. The molecule has 1 aliphatic rings. The maximum Gasteiger partial charge on any atom is 0.111 e. The molecule has 1 rings (SSSR count). The van der Waals surface area contributed by atoms with Crippen LogP contribution in [-0.2, 0) is 9.47 Å². The minimum atomic E-state index is -0.118. The van der Waals surface area contributed by atoms with Crippen LogP contribution in [0.25, 0.3) is 0 Å². The predicted molar refractivity (Wildman–Crippen MR) is 52.3 cm³/mol. The smallest absolute Gasteiger partial charge is 0.111 e. The highest BCUT2D eigenvalue weighted by Crippen LogP contribution is 2.19. The van der Waals surface area contributed by atoms with E-state index in [0.29, 0.717) is 5.92 Å². The predicted octanol–water partition coefficient (Wildman–Crippen LogP) is 1.29. The molecule has 0 amide bonds. The molecule has 0 aromatic carbocycles. The van der Waals surface area contributed by atoms with Crippen LogP contribution in [-0.4, -0.2) is 25.9 Å². The summed E-state index contributed by atoms with van der Waals surface area (Å²) in [6.07, 6.45) is 3.07. The minimum absolute atomic E-state index is 0.0457. The van der Waals surface area contributed by atoms with Crippen molar-refractivity contribution in [2.75, 3.05) is 13.7 Å². The van der Waals surface area contributed by atoms with Gasteiger partial charge in [-0.2, -0.15) is 0 Å². The third-order valence-electron chi connectivity index (χ3n) is 2.34. The zero-order chi connectivity index (χ0) is 9.84. The Balaban J connectivity index is 2.57. The van der Waals surface area contributed by atoms with Crippen molar-refractivity contribution in [3.63, 3.8) is 0 Å². The zero-order valence-electron chi connectivity index (χ0n) is 8.62. The molecule has 0 saturated carbocycles. The van der Waals surface area contributed by atoms with E-state index < -0.39 is 0 Å². The number of nitrogens with two attached hydrogens (primary N) is 1. The molecule has 2 N–H and O–H groups in total. The number of hydrogen-bond acceptors (Lipinski definition) is 3. The Morgan fingerprint density at radius 2 is 2.23 bits per heavy atom. The lowest BCUT2D eigenvalue weighted by Crippen LogP contribution is -2.41. The Hall–Kier alpha value is -0.540. The average molecular weight is 185 g/mol. The monoisotopic (exact) mass is 185 g/mol. The maximum absolute atomic E-state index is 6.02. The van der Waals surface area contributed by atoms with Crippen LogP contribution in [0.1, 0.15) is 20.3 Å². The fourth-order valence-corrected chi connectivity index (χ4v) is 1.66. The van der Waals surface area contributed by atoms with Crippen molar-refractivity contribution in [1.82, 2.24) is 0 Å². The molecular weight excluding hydrogens is 166 g/mol. The van der Waals surface area contributed by atoms with Gasteiger partial charge in [-0.3, -0.25) is 0 Å². The highest BCUT2D eigenvalue weighted by atomic mass is 16.5. The molecule has 0 spiro atoms. The Labute approximate surface area is 79.9 Å². The van der Waals surface area contributed by atoms with Crippen molar-refractivity contribution in [3.8, 4) is 0 Å². The van der Waals surface area contributed by atoms with Crippen LogP contribution in [0.4, 0.5) is 0 Å². The molecule has 1 aliphatic heterocycles. The lowest BCUT2D eigenvalue weighted by molar-refractivity contribution is 0.0377. The second-order valence-corrected chi connectivity index (χ2v) is 3.71. The SMILES string of the molecule is COC(C(C)C)C(N)C1=CCCO1. The summed E-state index contributed by atoms with van der Waals surface area (Å²) in [5.74, 6) is 1.30. The first-order valence-electron chi connectivity index (χ1n) is 4.78. The fourth-order valence-electron chi connectivity index (χ4n) is 1.66. The molecular formula is C10H19NO2. The quantitative estimate of drug-likeness (QED) is 0.717. The third kappa shape index (κ3) is 2.45. The van der Waals surface area contributed by atoms with Gasteiger partial charge in [-0.05, 0) is 12.0 Å². The van der Waals surface area contributed by atoms with Gasteiger partial charge >= 0.3 is 0 Å². The highest BCUT2D eigenvalue weighted by molar-refractivity contribution is 5.09. The second-order valence-electron chi connectivity index (χ2n) is 3.71. The van der Waals surface area contributed by atoms with Gasteiger partial charge in [0.2, 0.25) is 0 Å². The molecule has 0 saturated heterocycles. The van der Waals surface area contributed by atoms with Gasteiger partial charge in [0.15, 0.2) is 0 Å². The molecule has 3 nitrogen and oxygen atoms in total. The summed E-state index contributed by atoms with van der Waals surface area (Å²) in [5.41, 5.74) is 6.02. The van der Waals surface area contributed by atoms with Gasteiger partial charge in [0, 0.05) is 13.5 Å². The van der Waals surface area contributed by atoms with E-state index >= 15 is 0 Å². The second kappa shape index (κ2) is 4.63. The molecule has 3 heteroatoms. The van der Waals surface area contributed by atoms with Gasteiger partial charge in [-0.15, -0.1) is 0 Å². The Kier molecular flexibility index (Phi) is 3.75. The topological polar surface area (TPSA) is 44.5 Å². The van der Waals surface area contributed by atoms with Crippen molar-refractivity contribution in [3.05, 3.63) is 11.8 Å². The van der Waals surface area contributed by atoms with Crippen LogP contribution in [0.15, 0.2) is 11.8 Å². The van der Waals surface area contributed by atoms with Crippen LogP contribution in [0.5, 0.6) is 0 Å². The van der Waals surface area contributed by atoms with Gasteiger partial charge in [0.25, 0.3) is 0 Å². The molecule has 0 aliphatic carbocycles. The normalized spacial score (nSPS) is 21.2. The maximum atomic E-state index is 6.02. The molecule has 0 bridgehead atoms. The first kappa shape index (κ1) is 10.5. The van der Waals surface area contributed by atoms with Gasteiger partial charge < -0.3 is 15.2 Å². The van der Waals surface area contributed by atoms with Crippen molar-refractivity contribution in [2.45, 2.75) is 32.4 Å². The van der Waals surface area contributed by atoms with E-state index in [4.69, 9.17) is 15.2 Å². The van der Waals surface area contributed by atoms with E-state index in [1.54, 1.807) is 7.11 Å². The average Bonchev–Trinajstić information content (AvgIpc) is 2.56. The van der Waals surface area contributed by atoms with E-state index in [-0.39, 0.29) is 12.1 Å². The molecule has 13 heavy (non-hydrogen) atoms. The first-order valence-corrected chi connectivity index (χ1v) is 4.78. The van der Waals surface area contributed by atoms with E-state index in [1.165, 1.54) is 0 Å². The van der Waals surface area contributed by atoms with Crippen LogP contribution in [0.2, 0.25) is 0 Å². The summed E-state index contributed by atoms with van der Waals surface area (Å²) >= 11 is 0. The number of ether oxygens (including phenoxy) is 2. The molecule has 1 heterocycles. The summed E-state index contributed by atoms with van der Waals surface area (Å²) < 4.78 is 10.7. The Morgan fingerprint density at radius 3 is 2.62 bits per heavy atom. The van der Waals surface area contributed by atoms with Gasteiger partial charge in [-0.1, -0.05) is 13.8 Å². The van der Waals surface area contributed by atoms with E-state index in [0.717, 1.165) is 18.8 Å². The number of hydrogen-bond donors (Lipinski definition) is 1.